The van der Waals surface area contributed by atoms with Gasteiger partial charge in [-0.2, -0.15) is 0 Å². The first kappa shape index (κ1) is 27.6. The van der Waals surface area contributed by atoms with Crippen LogP contribution in [0.15, 0.2) is 53.5 Å². The highest BCUT2D eigenvalue weighted by Crippen LogP contribution is 2.24. The van der Waals surface area contributed by atoms with E-state index in [1.165, 1.54) is 19.7 Å². The van der Waals surface area contributed by atoms with Gasteiger partial charge in [0.1, 0.15) is 17.9 Å². The molecule has 0 saturated carbocycles. The quantitative estimate of drug-likeness (QED) is 0.332. The van der Waals surface area contributed by atoms with Gasteiger partial charge in [-0.15, -0.1) is 0 Å². The fourth-order valence-corrected chi connectivity index (χ4v) is 3.50. The molecule has 1 aromatic heterocycles. The van der Waals surface area contributed by atoms with E-state index in [0.717, 1.165) is 11.1 Å². The summed E-state index contributed by atoms with van der Waals surface area (Å²) in [4.78, 5) is 35.4. The highest BCUT2D eigenvalue weighted by Gasteiger charge is 2.16. The minimum Gasteiger partial charge on any atom is -0.490 e. The smallest absolute Gasteiger partial charge is 0.341 e. The number of pyridine rings is 1. The lowest BCUT2D eigenvalue weighted by atomic mass is 10.1. The number of nitrogens with zero attached hydrogens (tertiary/aromatic N) is 1. The third-order valence-electron chi connectivity index (χ3n) is 5.06. The third-order valence-corrected chi connectivity index (χ3v) is 5.06. The van der Waals surface area contributed by atoms with Crippen LogP contribution in [-0.4, -0.2) is 41.9 Å². The number of rotatable bonds is 10. The number of para-hydroxylation sites is 1. The average molecular weight is 483 g/mol. The fourth-order valence-electron chi connectivity index (χ4n) is 3.50. The molecule has 188 valence electrons. The maximum atomic E-state index is 12.5. The van der Waals surface area contributed by atoms with Crippen molar-refractivity contribution in [2.75, 3.05) is 20.3 Å². The zero-order chi connectivity index (χ0) is 25.8. The van der Waals surface area contributed by atoms with Gasteiger partial charge in [0.15, 0.2) is 0 Å². The van der Waals surface area contributed by atoms with Crippen LogP contribution in [0.3, 0.4) is 0 Å². The number of carbonyl (C=O) groups is 2. The molecule has 0 atom stereocenters. The summed E-state index contributed by atoms with van der Waals surface area (Å²) in [5, 5.41) is 12.9. The molecule has 0 aliphatic carbocycles. The summed E-state index contributed by atoms with van der Waals surface area (Å²) in [6.07, 6.45) is 2.84. The van der Waals surface area contributed by atoms with Gasteiger partial charge in [0.05, 0.1) is 24.4 Å². The summed E-state index contributed by atoms with van der Waals surface area (Å²) in [5.41, 5.74) is 1.74. The second kappa shape index (κ2) is 13.9. The number of aromatic nitrogens is 1. The molecule has 35 heavy (non-hydrogen) atoms. The first-order valence-corrected chi connectivity index (χ1v) is 11.7. The number of fused-ring (bicyclic) bond motifs is 1. The molecule has 0 aliphatic heterocycles. The van der Waals surface area contributed by atoms with E-state index in [4.69, 9.17) is 9.47 Å². The van der Waals surface area contributed by atoms with Crippen LogP contribution in [0.1, 0.15) is 48.7 Å². The highest BCUT2D eigenvalue weighted by molar-refractivity contribution is 5.94. The maximum Gasteiger partial charge on any atom is 0.341 e. The number of methoxy groups -OCH3 is 1. The Morgan fingerprint density at radius 3 is 2.40 bits per heavy atom. The fraction of sp³-hybridized carbons (Fsp3) is 0.370. The zero-order valence-electron chi connectivity index (χ0n) is 20.8. The molecular weight excluding hydrogens is 448 g/mol. The van der Waals surface area contributed by atoms with Gasteiger partial charge in [-0.1, -0.05) is 50.6 Å². The van der Waals surface area contributed by atoms with Gasteiger partial charge in [0, 0.05) is 25.8 Å². The molecule has 8 nitrogen and oxygen atoms in total. The molecule has 2 N–H and O–H groups in total. The minimum atomic E-state index is -1.25. The van der Waals surface area contributed by atoms with E-state index in [1.54, 1.807) is 22.8 Å². The molecule has 0 amide bonds. The van der Waals surface area contributed by atoms with E-state index in [9.17, 15) is 19.5 Å². The number of aromatic carboxylic acids is 1. The molecule has 0 spiro atoms. The number of aryl methyl sites for hydroxylation is 1. The van der Waals surface area contributed by atoms with Gasteiger partial charge in [-0.3, -0.25) is 9.59 Å². The van der Waals surface area contributed by atoms with Crippen LogP contribution >= 0.6 is 0 Å². The SMILES string of the molecule is CCC.CCn1cc(C(=O)O)c(=O)c2cccc(OCCNCc3cccc(CC(=O)OC)c3)c21. The molecule has 3 rings (SSSR count). The Bertz CT molecular complexity index is 1200. The van der Waals surface area contributed by atoms with E-state index in [0.29, 0.717) is 42.9 Å². The van der Waals surface area contributed by atoms with Crippen molar-refractivity contribution in [1.82, 2.24) is 9.88 Å². The number of carboxylic acid groups (broad SMARTS) is 1. The summed E-state index contributed by atoms with van der Waals surface area (Å²) < 4.78 is 12.3. The van der Waals surface area contributed by atoms with E-state index >= 15 is 0 Å². The van der Waals surface area contributed by atoms with Crippen LogP contribution in [0.2, 0.25) is 0 Å². The van der Waals surface area contributed by atoms with Crippen LogP contribution in [-0.2, 0) is 29.0 Å². The van der Waals surface area contributed by atoms with Crippen molar-refractivity contribution in [3.63, 3.8) is 0 Å². The number of hydrogen-bond acceptors (Lipinski definition) is 6. The number of ether oxygens (including phenoxy) is 2. The topological polar surface area (TPSA) is 107 Å². The van der Waals surface area contributed by atoms with Gasteiger partial charge < -0.3 is 24.5 Å². The van der Waals surface area contributed by atoms with Crippen molar-refractivity contribution < 1.29 is 24.2 Å². The first-order valence-electron chi connectivity index (χ1n) is 11.7. The number of carboxylic acids is 1. The predicted octanol–water partition coefficient (Wildman–Crippen LogP) is 4.02. The highest BCUT2D eigenvalue weighted by atomic mass is 16.5. The molecular formula is C27H34N2O6. The van der Waals surface area contributed by atoms with Crippen molar-refractivity contribution in [3.8, 4) is 5.75 Å². The predicted molar refractivity (Wildman–Crippen MR) is 136 cm³/mol. The van der Waals surface area contributed by atoms with Crippen LogP contribution in [0.25, 0.3) is 10.9 Å². The van der Waals surface area contributed by atoms with Crippen LogP contribution < -0.4 is 15.5 Å². The molecule has 0 radical (unpaired) electrons. The minimum absolute atomic E-state index is 0.233. The van der Waals surface area contributed by atoms with Gasteiger partial charge >= 0.3 is 11.9 Å². The molecule has 8 heteroatoms. The summed E-state index contributed by atoms with van der Waals surface area (Å²) in [5.74, 6) is -0.995. The molecule has 0 fully saturated rings. The van der Waals surface area contributed by atoms with Gasteiger partial charge in [0.25, 0.3) is 0 Å². The van der Waals surface area contributed by atoms with Crippen molar-refractivity contribution in [3.05, 3.63) is 75.6 Å². The van der Waals surface area contributed by atoms with Crippen LogP contribution in [0, 0.1) is 0 Å². The van der Waals surface area contributed by atoms with E-state index in [-0.39, 0.29) is 18.0 Å². The monoisotopic (exact) mass is 482 g/mol. The molecule has 0 saturated heterocycles. The number of esters is 1. The molecule has 3 aromatic rings. The second-order valence-corrected chi connectivity index (χ2v) is 7.92. The van der Waals surface area contributed by atoms with E-state index in [2.05, 4.69) is 19.2 Å². The molecule has 2 aromatic carbocycles. The number of hydrogen-bond donors (Lipinski definition) is 2. The molecule has 1 heterocycles. The van der Waals surface area contributed by atoms with Crippen molar-refractivity contribution in [1.29, 1.82) is 0 Å². The number of benzene rings is 2. The van der Waals surface area contributed by atoms with Crippen molar-refractivity contribution >= 4 is 22.8 Å². The Morgan fingerprint density at radius 1 is 1.06 bits per heavy atom. The lowest BCUT2D eigenvalue weighted by Crippen LogP contribution is -2.22. The Morgan fingerprint density at radius 2 is 1.74 bits per heavy atom. The van der Waals surface area contributed by atoms with E-state index in [1.807, 2.05) is 31.2 Å². The maximum absolute atomic E-state index is 12.5. The number of nitrogens with one attached hydrogen (secondary N) is 1. The Kier molecular flexibility index (Phi) is 11.0. The summed E-state index contributed by atoms with van der Waals surface area (Å²) >= 11 is 0. The van der Waals surface area contributed by atoms with Gasteiger partial charge in [-0.05, 0) is 30.2 Å². The van der Waals surface area contributed by atoms with Crippen molar-refractivity contribution in [2.24, 2.45) is 0 Å². The lowest BCUT2D eigenvalue weighted by molar-refractivity contribution is -0.139. The molecule has 0 aliphatic rings. The molecule has 0 unspecified atom stereocenters. The van der Waals surface area contributed by atoms with E-state index < -0.39 is 11.4 Å². The summed E-state index contributed by atoms with van der Waals surface area (Å²) in [6, 6.07) is 12.8. The van der Waals surface area contributed by atoms with Crippen molar-refractivity contribution in [2.45, 2.75) is 46.7 Å². The zero-order valence-corrected chi connectivity index (χ0v) is 20.8. The lowest BCUT2D eigenvalue weighted by Gasteiger charge is -2.15. The average Bonchev–Trinajstić information content (AvgIpc) is 2.84. The van der Waals surface area contributed by atoms with Gasteiger partial charge in [0.2, 0.25) is 5.43 Å². The summed E-state index contributed by atoms with van der Waals surface area (Å²) in [7, 11) is 1.37. The second-order valence-electron chi connectivity index (χ2n) is 7.92. The largest absolute Gasteiger partial charge is 0.490 e. The Hall–Kier alpha value is -3.65. The summed E-state index contributed by atoms with van der Waals surface area (Å²) in [6.45, 7) is 8.15. The Balaban J connectivity index is 0.00000137. The third kappa shape index (κ3) is 7.68. The molecule has 0 bridgehead atoms. The Labute approximate surface area is 205 Å². The van der Waals surface area contributed by atoms with Gasteiger partial charge in [-0.25, -0.2) is 4.79 Å². The first-order chi connectivity index (χ1) is 16.9. The number of carbonyl (C=O) groups excluding carboxylic acids is 1. The normalized spacial score (nSPS) is 10.4. The van der Waals surface area contributed by atoms with Crippen LogP contribution in [0.5, 0.6) is 5.75 Å². The standard InChI is InChI=1S/C24H26N2O6.C3H8/c1-3-26-15-19(24(29)30)23(28)18-8-5-9-20(22(18)26)32-11-10-25-14-17-7-4-6-16(12-17)13-21(27)31-2;1-3-2/h4-9,12,15,25H,3,10-11,13-14H2,1-2H3,(H,29,30);3H2,1-2H3. The van der Waals surface area contributed by atoms with Crippen LogP contribution in [0.4, 0.5) is 0 Å².